The number of alkyl halides is 2. The molecule has 0 aliphatic rings. The second kappa shape index (κ2) is 10.6. The molecule has 0 aromatic heterocycles. The minimum absolute atomic E-state index is 0.0602. The highest BCUT2D eigenvalue weighted by molar-refractivity contribution is 14.1. The van der Waals surface area contributed by atoms with E-state index in [4.69, 9.17) is 9.84 Å². The number of ether oxygens (including phenoxy) is 1. The Hall–Kier alpha value is -0.170. The highest BCUT2D eigenvalue weighted by Gasteiger charge is 2.28. The summed E-state index contributed by atoms with van der Waals surface area (Å²) in [5.74, 6) is -1.37. The van der Waals surface area contributed by atoms with E-state index in [0.29, 0.717) is 0 Å². The number of hydrogen-bond donors (Lipinski definition) is 3. The van der Waals surface area contributed by atoms with Crippen molar-refractivity contribution in [3.05, 3.63) is 0 Å². The molecule has 0 bridgehead atoms. The SMILES string of the molecule is CNC(=O)C(I)C(I)C(=O)NCCOCCC(=O)O. The van der Waals surface area contributed by atoms with E-state index in [9.17, 15) is 14.4 Å². The smallest absolute Gasteiger partial charge is 0.305 e. The standard InChI is InChI=1S/C10H16I2N2O5/c1-13-9(17)7(11)8(12)10(18)14-3-5-19-4-2-6(15)16/h7-8H,2-5H2,1H3,(H,13,17)(H,14,18)(H,15,16). The third kappa shape index (κ3) is 8.57. The van der Waals surface area contributed by atoms with Gasteiger partial charge >= 0.3 is 5.97 Å². The molecule has 0 aliphatic heterocycles. The van der Waals surface area contributed by atoms with E-state index in [1.807, 2.05) is 45.2 Å². The predicted octanol–water partition coefficient (Wildman–Crippen LogP) is -0.0529. The van der Waals surface area contributed by atoms with Crippen LogP contribution in [0.25, 0.3) is 0 Å². The minimum atomic E-state index is -0.922. The zero-order chi connectivity index (χ0) is 14.8. The second-order valence-corrected chi connectivity index (χ2v) is 6.15. The van der Waals surface area contributed by atoms with Crippen molar-refractivity contribution in [3.8, 4) is 0 Å². The zero-order valence-corrected chi connectivity index (χ0v) is 14.6. The Morgan fingerprint density at radius 2 is 1.74 bits per heavy atom. The summed E-state index contributed by atoms with van der Waals surface area (Å²) in [5.41, 5.74) is 0. The molecule has 110 valence electrons. The van der Waals surface area contributed by atoms with Gasteiger partial charge in [0.25, 0.3) is 0 Å². The molecule has 0 spiro atoms. The van der Waals surface area contributed by atoms with Crippen molar-refractivity contribution in [2.45, 2.75) is 14.3 Å². The minimum Gasteiger partial charge on any atom is -0.481 e. The molecule has 7 nitrogen and oxygen atoms in total. The van der Waals surface area contributed by atoms with Gasteiger partial charge in [-0.2, -0.15) is 0 Å². The first-order valence-corrected chi connectivity index (χ1v) is 7.96. The average molecular weight is 498 g/mol. The summed E-state index contributed by atoms with van der Waals surface area (Å²) < 4.78 is 4.10. The van der Waals surface area contributed by atoms with Gasteiger partial charge in [0.15, 0.2) is 0 Å². The number of carbonyl (C=O) groups is 3. The van der Waals surface area contributed by atoms with Crippen LogP contribution in [0.1, 0.15) is 6.42 Å². The van der Waals surface area contributed by atoms with Crippen molar-refractivity contribution in [3.63, 3.8) is 0 Å². The molecular weight excluding hydrogens is 482 g/mol. The lowest BCUT2D eigenvalue weighted by atomic mass is 10.3. The van der Waals surface area contributed by atoms with Crippen LogP contribution >= 0.6 is 45.2 Å². The van der Waals surface area contributed by atoms with Crippen LogP contribution < -0.4 is 10.6 Å². The molecular formula is C10H16I2N2O5. The van der Waals surface area contributed by atoms with Crippen molar-refractivity contribution in [2.24, 2.45) is 0 Å². The summed E-state index contributed by atoms with van der Waals surface area (Å²) in [6.07, 6.45) is -0.0602. The predicted molar refractivity (Wildman–Crippen MR) is 85.8 cm³/mol. The number of aliphatic carboxylic acids is 1. The number of carbonyl (C=O) groups excluding carboxylic acids is 2. The van der Waals surface area contributed by atoms with Crippen LogP contribution in [0, 0.1) is 0 Å². The van der Waals surface area contributed by atoms with Crippen LogP contribution in [0.4, 0.5) is 0 Å². The molecule has 0 aliphatic carbocycles. The Labute approximate surface area is 138 Å². The molecule has 19 heavy (non-hydrogen) atoms. The molecule has 2 atom stereocenters. The van der Waals surface area contributed by atoms with E-state index in [-0.39, 0.29) is 38.0 Å². The quantitative estimate of drug-likeness (QED) is 0.235. The van der Waals surface area contributed by atoms with Gasteiger partial charge in [-0.3, -0.25) is 14.4 Å². The van der Waals surface area contributed by atoms with E-state index >= 15 is 0 Å². The molecule has 0 fully saturated rings. The second-order valence-electron chi connectivity index (χ2n) is 3.46. The van der Waals surface area contributed by atoms with Gasteiger partial charge in [0.05, 0.1) is 19.6 Å². The Balaban J connectivity index is 3.79. The van der Waals surface area contributed by atoms with Gasteiger partial charge in [-0.25, -0.2) is 0 Å². The van der Waals surface area contributed by atoms with Crippen LogP contribution in [0.2, 0.25) is 0 Å². The molecule has 0 aromatic carbocycles. The van der Waals surface area contributed by atoms with Gasteiger partial charge in [-0.05, 0) is 0 Å². The fourth-order valence-electron chi connectivity index (χ4n) is 1.01. The average Bonchev–Trinajstić information content (AvgIpc) is 2.39. The molecule has 2 unspecified atom stereocenters. The topological polar surface area (TPSA) is 105 Å². The van der Waals surface area contributed by atoms with Crippen molar-refractivity contribution in [1.29, 1.82) is 0 Å². The fourth-order valence-corrected chi connectivity index (χ4v) is 2.19. The number of rotatable bonds is 9. The molecule has 3 N–H and O–H groups in total. The summed E-state index contributed by atoms with van der Waals surface area (Å²) >= 11 is 3.82. The van der Waals surface area contributed by atoms with E-state index in [1.54, 1.807) is 0 Å². The van der Waals surface area contributed by atoms with Crippen molar-refractivity contribution in [2.75, 3.05) is 26.8 Å². The van der Waals surface area contributed by atoms with Crippen LogP contribution in [0.5, 0.6) is 0 Å². The Morgan fingerprint density at radius 1 is 1.16 bits per heavy atom. The molecule has 0 rings (SSSR count). The lowest BCUT2D eigenvalue weighted by molar-refractivity contribution is -0.138. The maximum Gasteiger partial charge on any atom is 0.305 e. The number of carboxylic acids is 1. The molecule has 0 saturated carbocycles. The summed E-state index contributed by atoms with van der Waals surface area (Å²) in [7, 11) is 1.52. The van der Waals surface area contributed by atoms with Crippen LogP contribution in [-0.4, -0.2) is 57.5 Å². The van der Waals surface area contributed by atoms with Gasteiger partial charge in [0.2, 0.25) is 11.8 Å². The monoisotopic (exact) mass is 498 g/mol. The number of hydrogen-bond acceptors (Lipinski definition) is 4. The lowest BCUT2D eigenvalue weighted by Crippen LogP contribution is -2.43. The maximum atomic E-state index is 11.7. The van der Waals surface area contributed by atoms with Crippen molar-refractivity contribution < 1.29 is 24.2 Å². The molecule has 0 radical (unpaired) electrons. The first kappa shape index (κ1) is 18.8. The third-order valence-electron chi connectivity index (χ3n) is 2.01. The molecule has 2 amide bonds. The van der Waals surface area contributed by atoms with Gasteiger partial charge < -0.3 is 20.5 Å². The van der Waals surface area contributed by atoms with Gasteiger partial charge in [0, 0.05) is 13.6 Å². The lowest BCUT2D eigenvalue weighted by Gasteiger charge is -2.15. The van der Waals surface area contributed by atoms with Gasteiger partial charge in [-0.1, -0.05) is 45.2 Å². The highest BCUT2D eigenvalue weighted by Crippen LogP contribution is 2.15. The van der Waals surface area contributed by atoms with E-state index in [0.717, 1.165) is 0 Å². The first-order valence-electron chi connectivity index (χ1n) is 5.47. The van der Waals surface area contributed by atoms with E-state index < -0.39 is 13.8 Å². The van der Waals surface area contributed by atoms with Gasteiger partial charge in [0.1, 0.15) is 7.85 Å². The number of halogens is 2. The summed E-state index contributed by atoms with van der Waals surface area (Å²) in [6.45, 7) is 0.648. The summed E-state index contributed by atoms with van der Waals surface area (Å²) in [5, 5.41) is 13.5. The summed E-state index contributed by atoms with van der Waals surface area (Å²) in [4.78, 5) is 33.3. The number of amides is 2. The molecule has 0 heterocycles. The summed E-state index contributed by atoms with van der Waals surface area (Å²) in [6, 6.07) is 0. The largest absolute Gasteiger partial charge is 0.481 e. The highest BCUT2D eigenvalue weighted by atomic mass is 127. The molecule has 0 saturated heterocycles. The normalized spacial score (nSPS) is 13.4. The number of nitrogens with one attached hydrogen (secondary N) is 2. The maximum absolute atomic E-state index is 11.7. The Bertz CT molecular complexity index is 327. The van der Waals surface area contributed by atoms with Crippen LogP contribution in [0.15, 0.2) is 0 Å². The van der Waals surface area contributed by atoms with Crippen molar-refractivity contribution >= 4 is 63.0 Å². The fraction of sp³-hybridized carbons (Fsp3) is 0.700. The number of carboxylic acid groups (broad SMARTS) is 1. The van der Waals surface area contributed by atoms with E-state index in [2.05, 4.69) is 10.6 Å². The van der Waals surface area contributed by atoms with Gasteiger partial charge in [-0.15, -0.1) is 0 Å². The van der Waals surface area contributed by atoms with Crippen LogP contribution in [0.3, 0.4) is 0 Å². The van der Waals surface area contributed by atoms with Crippen molar-refractivity contribution in [1.82, 2.24) is 10.6 Å². The molecule has 0 aromatic rings. The van der Waals surface area contributed by atoms with E-state index in [1.165, 1.54) is 7.05 Å². The molecule has 9 heteroatoms. The first-order chi connectivity index (χ1) is 8.90. The van der Waals surface area contributed by atoms with Crippen LogP contribution in [-0.2, 0) is 19.1 Å². The Morgan fingerprint density at radius 3 is 2.26 bits per heavy atom. The third-order valence-corrected chi connectivity index (χ3v) is 5.96. The Kier molecular flexibility index (Phi) is 10.5. The zero-order valence-electron chi connectivity index (χ0n) is 10.3.